The zero-order valence-corrected chi connectivity index (χ0v) is 13.0. The lowest BCUT2D eigenvalue weighted by Gasteiger charge is -2.23. The molecule has 2 saturated heterocycles. The van der Waals surface area contributed by atoms with Crippen molar-refractivity contribution in [1.82, 2.24) is 4.90 Å². The van der Waals surface area contributed by atoms with Crippen molar-refractivity contribution in [2.45, 2.75) is 45.5 Å². The van der Waals surface area contributed by atoms with Gasteiger partial charge in [-0.1, -0.05) is 26.0 Å². The Labute approximate surface area is 125 Å². The van der Waals surface area contributed by atoms with Gasteiger partial charge in [0, 0.05) is 6.54 Å². The van der Waals surface area contributed by atoms with Crippen molar-refractivity contribution in [2.24, 2.45) is 17.8 Å². The van der Waals surface area contributed by atoms with Crippen LogP contribution in [-0.4, -0.2) is 47.7 Å². The Hall–Kier alpha value is -1.36. The summed E-state index contributed by atoms with van der Waals surface area (Å²) >= 11 is 0. The van der Waals surface area contributed by atoms with Crippen LogP contribution in [0.3, 0.4) is 0 Å². The Bertz CT molecular complexity index is 499. The molecule has 2 fully saturated rings. The molecule has 2 bridgehead atoms. The lowest BCUT2D eigenvalue weighted by atomic mass is 9.77. The molecule has 116 valence electrons. The average molecular weight is 293 g/mol. The summed E-state index contributed by atoms with van der Waals surface area (Å²) in [4.78, 5) is 26.9. The van der Waals surface area contributed by atoms with Gasteiger partial charge in [0.15, 0.2) is 0 Å². The molecular weight excluding hydrogens is 270 g/mol. The van der Waals surface area contributed by atoms with Crippen LogP contribution in [0.5, 0.6) is 0 Å². The fraction of sp³-hybridized carbons (Fsp3) is 0.750. The van der Waals surface area contributed by atoms with E-state index in [2.05, 4.69) is 13.8 Å². The molecule has 5 heteroatoms. The number of ether oxygens (including phenoxy) is 2. The number of fused-ring (bicyclic) bond motifs is 1. The van der Waals surface area contributed by atoms with Gasteiger partial charge in [-0.15, -0.1) is 0 Å². The van der Waals surface area contributed by atoms with Crippen molar-refractivity contribution in [1.29, 1.82) is 0 Å². The fourth-order valence-electron chi connectivity index (χ4n) is 3.75. The molecule has 0 aromatic heterocycles. The molecule has 0 saturated carbocycles. The minimum Gasteiger partial charge on any atom is -0.463 e. The summed E-state index contributed by atoms with van der Waals surface area (Å²) in [7, 11) is 0. The van der Waals surface area contributed by atoms with E-state index in [9.17, 15) is 9.59 Å². The van der Waals surface area contributed by atoms with Crippen LogP contribution < -0.4 is 0 Å². The van der Waals surface area contributed by atoms with Crippen LogP contribution in [0.2, 0.25) is 0 Å². The highest BCUT2D eigenvalue weighted by Crippen LogP contribution is 2.52. The number of esters is 1. The SMILES string of the molecule is CC(C)CN1C[C@@]23C=C[C@@H](O2)[C@@H](C(=O)OC(C)C)[C@H]3C1=O. The quantitative estimate of drug-likeness (QED) is 0.580. The Morgan fingerprint density at radius 3 is 2.81 bits per heavy atom. The standard InChI is InChI=1S/C16H23NO4/c1-9(2)7-17-8-16-6-5-11(21-16)12(13(16)14(17)18)15(19)20-10(3)4/h5-6,9-13H,7-8H2,1-4H3/t11-,12-,13+,16-/m1/s1. The van der Waals surface area contributed by atoms with Gasteiger partial charge in [-0.2, -0.15) is 0 Å². The molecule has 0 aliphatic carbocycles. The van der Waals surface area contributed by atoms with Gasteiger partial charge >= 0.3 is 5.97 Å². The minimum atomic E-state index is -0.614. The highest BCUT2D eigenvalue weighted by molar-refractivity contribution is 5.91. The highest BCUT2D eigenvalue weighted by Gasteiger charge is 2.67. The van der Waals surface area contributed by atoms with Gasteiger partial charge in [-0.25, -0.2) is 0 Å². The van der Waals surface area contributed by atoms with Gasteiger partial charge in [-0.3, -0.25) is 9.59 Å². The molecule has 0 radical (unpaired) electrons. The fourth-order valence-corrected chi connectivity index (χ4v) is 3.75. The van der Waals surface area contributed by atoms with Crippen LogP contribution in [-0.2, 0) is 19.1 Å². The normalized spacial score (nSPS) is 37.0. The largest absolute Gasteiger partial charge is 0.463 e. The van der Waals surface area contributed by atoms with E-state index < -0.39 is 17.4 Å². The molecule has 0 unspecified atom stereocenters. The zero-order valence-electron chi connectivity index (χ0n) is 13.0. The number of likely N-dealkylation sites (tertiary alicyclic amines) is 1. The number of hydrogen-bond donors (Lipinski definition) is 0. The summed E-state index contributed by atoms with van der Waals surface area (Å²) < 4.78 is 11.3. The number of nitrogens with zero attached hydrogens (tertiary/aromatic N) is 1. The van der Waals surface area contributed by atoms with Crippen LogP contribution in [0.25, 0.3) is 0 Å². The lowest BCUT2D eigenvalue weighted by Crippen LogP contribution is -2.40. The Morgan fingerprint density at radius 2 is 2.19 bits per heavy atom. The van der Waals surface area contributed by atoms with E-state index in [0.717, 1.165) is 0 Å². The number of carbonyl (C=O) groups is 2. The van der Waals surface area contributed by atoms with E-state index in [1.807, 2.05) is 30.9 Å². The summed E-state index contributed by atoms with van der Waals surface area (Å²) in [5.41, 5.74) is -0.614. The highest BCUT2D eigenvalue weighted by atomic mass is 16.6. The third-order valence-electron chi connectivity index (χ3n) is 4.39. The smallest absolute Gasteiger partial charge is 0.313 e. The van der Waals surface area contributed by atoms with Crippen LogP contribution in [0, 0.1) is 17.8 Å². The Balaban J connectivity index is 1.85. The molecule has 1 spiro atoms. The van der Waals surface area contributed by atoms with Crippen molar-refractivity contribution in [3.63, 3.8) is 0 Å². The van der Waals surface area contributed by atoms with Crippen molar-refractivity contribution < 1.29 is 19.1 Å². The summed E-state index contributed by atoms with van der Waals surface area (Å²) in [5, 5.41) is 0. The minimum absolute atomic E-state index is 0.0289. The van der Waals surface area contributed by atoms with Gasteiger partial charge < -0.3 is 14.4 Å². The second kappa shape index (κ2) is 4.83. The molecule has 3 aliphatic heterocycles. The summed E-state index contributed by atoms with van der Waals surface area (Å²) in [6, 6.07) is 0. The zero-order chi connectivity index (χ0) is 15.4. The van der Waals surface area contributed by atoms with Gasteiger partial charge in [0.05, 0.1) is 24.7 Å². The van der Waals surface area contributed by atoms with E-state index in [4.69, 9.17) is 9.47 Å². The van der Waals surface area contributed by atoms with Crippen molar-refractivity contribution in [3.05, 3.63) is 12.2 Å². The van der Waals surface area contributed by atoms with E-state index in [1.54, 1.807) is 0 Å². The van der Waals surface area contributed by atoms with Crippen LogP contribution in [0.15, 0.2) is 12.2 Å². The lowest BCUT2D eigenvalue weighted by molar-refractivity contribution is -0.157. The summed E-state index contributed by atoms with van der Waals surface area (Å²) in [6.07, 6.45) is 3.39. The van der Waals surface area contributed by atoms with E-state index in [1.165, 1.54) is 0 Å². The third-order valence-corrected chi connectivity index (χ3v) is 4.39. The van der Waals surface area contributed by atoms with E-state index in [0.29, 0.717) is 19.0 Å². The monoisotopic (exact) mass is 293 g/mol. The van der Waals surface area contributed by atoms with Crippen LogP contribution >= 0.6 is 0 Å². The molecule has 21 heavy (non-hydrogen) atoms. The first-order valence-corrected chi connectivity index (χ1v) is 7.70. The first-order valence-electron chi connectivity index (χ1n) is 7.70. The molecular formula is C16H23NO4. The maximum atomic E-state index is 12.7. The molecule has 1 amide bonds. The second-order valence-electron chi connectivity index (χ2n) is 7.00. The van der Waals surface area contributed by atoms with Gasteiger partial charge in [-0.05, 0) is 19.8 Å². The van der Waals surface area contributed by atoms with Crippen molar-refractivity contribution >= 4 is 11.9 Å². The Morgan fingerprint density at radius 1 is 1.48 bits per heavy atom. The predicted molar refractivity (Wildman–Crippen MR) is 76.4 cm³/mol. The molecule has 4 atom stereocenters. The molecule has 5 nitrogen and oxygen atoms in total. The number of rotatable bonds is 4. The number of hydrogen-bond acceptors (Lipinski definition) is 4. The Kier molecular flexibility index (Phi) is 3.35. The second-order valence-corrected chi connectivity index (χ2v) is 7.00. The number of carbonyl (C=O) groups excluding carboxylic acids is 2. The summed E-state index contributed by atoms with van der Waals surface area (Å²) in [6.45, 7) is 9.05. The third kappa shape index (κ3) is 2.18. The van der Waals surface area contributed by atoms with E-state index in [-0.39, 0.29) is 24.1 Å². The van der Waals surface area contributed by atoms with Crippen LogP contribution in [0.4, 0.5) is 0 Å². The maximum absolute atomic E-state index is 12.7. The topological polar surface area (TPSA) is 55.8 Å². The average Bonchev–Trinajstić information content (AvgIpc) is 2.97. The summed E-state index contributed by atoms with van der Waals surface area (Å²) in [5.74, 6) is -0.807. The first-order chi connectivity index (χ1) is 9.84. The molecule has 0 N–H and O–H groups in total. The van der Waals surface area contributed by atoms with Gasteiger partial charge in [0.1, 0.15) is 11.5 Å². The first kappa shape index (κ1) is 14.6. The van der Waals surface area contributed by atoms with Gasteiger partial charge in [0.2, 0.25) is 5.91 Å². The maximum Gasteiger partial charge on any atom is 0.313 e. The molecule has 3 rings (SSSR count). The molecule has 3 aliphatic rings. The predicted octanol–water partition coefficient (Wildman–Crippen LogP) is 1.38. The number of amides is 1. The van der Waals surface area contributed by atoms with Crippen LogP contribution in [0.1, 0.15) is 27.7 Å². The van der Waals surface area contributed by atoms with Crippen molar-refractivity contribution in [3.8, 4) is 0 Å². The van der Waals surface area contributed by atoms with Crippen molar-refractivity contribution in [2.75, 3.05) is 13.1 Å². The molecule has 0 aromatic carbocycles. The molecule has 3 heterocycles. The van der Waals surface area contributed by atoms with Gasteiger partial charge in [0.25, 0.3) is 0 Å². The van der Waals surface area contributed by atoms with E-state index >= 15 is 0 Å². The molecule has 0 aromatic rings.